The summed E-state index contributed by atoms with van der Waals surface area (Å²) < 4.78 is 12.1. The van der Waals surface area contributed by atoms with E-state index in [1.165, 1.54) is 10.5 Å². The molecule has 0 aliphatic heterocycles. The molecule has 2 aromatic carbocycles. The van der Waals surface area contributed by atoms with E-state index in [-0.39, 0.29) is 0 Å². The molecule has 0 N–H and O–H groups in total. The van der Waals surface area contributed by atoms with E-state index in [0.717, 1.165) is 10.9 Å². The van der Waals surface area contributed by atoms with Gasteiger partial charge in [-0.3, -0.25) is 0 Å². The smallest absolute Gasteiger partial charge is 0.109 e. The van der Waals surface area contributed by atoms with Gasteiger partial charge in [-0.05, 0) is 48.9 Å². The lowest BCUT2D eigenvalue weighted by Gasteiger charge is -2.10. The quantitative estimate of drug-likeness (QED) is 0.613. The first-order chi connectivity index (χ1) is 8.50. The van der Waals surface area contributed by atoms with Crippen molar-refractivity contribution in [2.45, 2.75) is 4.90 Å². The van der Waals surface area contributed by atoms with Gasteiger partial charge in [0.25, 0.3) is 0 Å². The molecule has 0 atom stereocenters. The molecule has 0 aliphatic rings. The summed E-state index contributed by atoms with van der Waals surface area (Å²) in [4.78, 5) is 1.24. The summed E-state index contributed by atoms with van der Waals surface area (Å²) in [5.41, 5.74) is 2.31. The maximum atomic E-state index is 12.1. The van der Waals surface area contributed by atoms with Gasteiger partial charge in [0.1, 0.15) is 7.14 Å². The standard InChI is InChI=1S/C15H17OPS/c1-17(2,16)14-8-4-6-12(10-14)13-7-5-9-15(11-13)18-3/h4-11H,1-3H3. The van der Waals surface area contributed by atoms with E-state index >= 15 is 0 Å². The van der Waals surface area contributed by atoms with Crippen LogP contribution in [0.5, 0.6) is 0 Å². The van der Waals surface area contributed by atoms with E-state index in [2.05, 4.69) is 36.6 Å². The summed E-state index contributed by atoms with van der Waals surface area (Å²) in [6, 6.07) is 16.5. The van der Waals surface area contributed by atoms with Crippen LogP contribution in [0.25, 0.3) is 11.1 Å². The Kier molecular flexibility index (Phi) is 3.99. The lowest BCUT2D eigenvalue weighted by molar-refractivity contribution is 0.588. The Hall–Kier alpha value is -0.980. The molecule has 0 fully saturated rings. The molecule has 94 valence electrons. The average Bonchev–Trinajstić information content (AvgIpc) is 2.38. The maximum absolute atomic E-state index is 12.1. The Morgan fingerprint density at radius 2 is 1.56 bits per heavy atom. The highest BCUT2D eigenvalue weighted by Gasteiger charge is 2.11. The van der Waals surface area contributed by atoms with Crippen molar-refractivity contribution in [1.29, 1.82) is 0 Å². The minimum atomic E-state index is -2.19. The van der Waals surface area contributed by atoms with Crippen LogP contribution < -0.4 is 5.30 Å². The van der Waals surface area contributed by atoms with Gasteiger partial charge < -0.3 is 4.57 Å². The lowest BCUT2D eigenvalue weighted by Crippen LogP contribution is -2.02. The molecule has 1 nitrogen and oxygen atoms in total. The summed E-state index contributed by atoms with van der Waals surface area (Å²) in [5.74, 6) is 0. The molecule has 0 unspecified atom stereocenters. The van der Waals surface area contributed by atoms with Gasteiger partial charge in [-0.1, -0.05) is 30.3 Å². The summed E-state index contributed by atoms with van der Waals surface area (Å²) in [7, 11) is -2.19. The Bertz CT molecular complexity index is 601. The van der Waals surface area contributed by atoms with Crippen molar-refractivity contribution in [2.75, 3.05) is 19.6 Å². The summed E-state index contributed by atoms with van der Waals surface area (Å²) in [5, 5.41) is 0.939. The van der Waals surface area contributed by atoms with Crippen molar-refractivity contribution in [1.82, 2.24) is 0 Å². The third kappa shape index (κ3) is 3.07. The SMILES string of the molecule is CSc1cccc(-c2cccc(P(C)(C)=O)c2)c1. The third-order valence-electron chi connectivity index (χ3n) is 2.87. The van der Waals surface area contributed by atoms with Crippen molar-refractivity contribution in [3.63, 3.8) is 0 Å². The molecule has 0 amide bonds. The van der Waals surface area contributed by atoms with E-state index in [9.17, 15) is 4.57 Å². The normalized spacial score (nSPS) is 11.5. The second kappa shape index (κ2) is 5.34. The second-order valence-electron chi connectivity index (χ2n) is 4.63. The van der Waals surface area contributed by atoms with Gasteiger partial charge in [0.05, 0.1) is 0 Å². The monoisotopic (exact) mass is 276 g/mol. The predicted molar refractivity (Wildman–Crippen MR) is 82.7 cm³/mol. The molecule has 0 radical (unpaired) electrons. The maximum Gasteiger partial charge on any atom is 0.109 e. The Morgan fingerprint density at radius 3 is 2.17 bits per heavy atom. The molecule has 2 aromatic rings. The van der Waals surface area contributed by atoms with E-state index in [0.29, 0.717) is 0 Å². The van der Waals surface area contributed by atoms with Gasteiger partial charge in [0.15, 0.2) is 0 Å². The van der Waals surface area contributed by atoms with Crippen LogP contribution >= 0.6 is 18.9 Å². The molecule has 0 spiro atoms. The van der Waals surface area contributed by atoms with E-state index < -0.39 is 7.14 Å². The topological polar surface area (TPSA) is 17.1 Å². The van der Waals surface area contributed by atoms with Gasteiger partial charge in [-0.25, -0.2) is 0 Å². The molecule has 18 heavy (non-hydrogen) atoms. The first-order valence-electron chi connectivity index (χ1n) is 5.81. The van der Waals surface area contributed by atoms with E-state index in [1.54, 1.807) is 11.8 Å². The first kappa shape index (κ1) is 13.5. The van der Waals surface area contributed by atoms with Crippen molar-refractivity contribution in [3.8, 4) is 11.1 Å². The zero-order valence-electron chi connectivity index (χ0n) is 10.9. The van der Waals surface area contributed by atoms with Crippen molar-refractivity contribution >= 4 is 24.2 Å². The minimum Gasteiger partial charge on any atom is -0.319 e. The van der Waals surface area contributed by atoms with Gasteiger partial charge in [0, 0.05) is 10.2 Å². The molecule has 0 aromatic heterocycles. The van der Waals surface area contributed by atoms with Gasteiger partial charge in [0.2, 0.25) is 0 Å². The molecule has 0 saturated carbocycles. The van der Waals surface area contributed by atoms with Gasteiger partial charge >= 0.3 is 0 Å². The molecule has 0 aliphatic carbocycles. The zero-order chi connectivity index (χ0) is 13.2. The molecule has 0 heterocycles. The minimum absolute atomic E-state index is 0.939. The largest absolute Gasteiger partial charge is 0.319 e. The van der Waals surface area contributed by atoms with E-state index in [1.807, 2.05) is 31.5 Å². The van der Waals surface area contributed by atoms with Crippen LogP contribution in [0, 0.1) is 0 Å². The number of hydrogen-bond donors (Lipinski definition) is 0. The summed E-state index contributed by atoms with van der Waals surface area (Å²) >= 11 is 1.73. The molecule has 3 heteroatoms. The van der Waals surface area contributed by atoms with Crippen LogP contribution in [0.2, 0.25) is 0 Å². The molecular weight excluding hydrogens is 259 g/mol. The van der Waals surface area contributed by atoms with Crippen LogP contribution in [0.1, 0.15) is 0 Å². The van der Waals surface area contributed by atoms with E-state index in [4.69, 9.17) is 0 Å². The van der Waals surface area contributed by atoms with Gasteiger partial charge in [-0.15, -0.1) is 11.8 Å². The molecule has 2 rings (SSSR count). The van der Waals surface area contributed by atoms with Gasteiger partial charge in [-0.2, -0.15) is 0 Å². The fourth-order valence-corrected chi connectivity index (χ4v) is 3.18. The average molecular weight is 276 g/mol. The number of rotatable bonds is 3. The van der Waals surface area contributed by atoms with Crippen molar-refractivity contribution < 1.29 is 4.57 Å². The van der Waals surface area contributed by atoms with Crippen molar-refractivity contribution in [3.05, 3.63) is 48.5 Å². The fraction of sp³-hybridized carbons (Fsp3) is 0.200. The van der Waals surface area contributed by atoms with Crippen LogP contribution in [0.15, 0.2) is 53.4 Å². The predicted octanol–water partition coefficient (Wildman–Crippen LogP) is 4.32. The van der Waals surface area contributed by atoms with Crippen molar-refractivity contribution in [2.24, 2.45) is 0 Å². The van der Waals surface area contributed by atoms with Crippen LogP contribution in [-0.4, -0.2) is 19.6 Å². The Balaban J connectivity index is 2.48. The van der Waals surface area contributed by atoms with Crippen LogP contribution in [-0.2, 0) is 4.57 Å². The first-order valence-corrected chi connectivity index (χ1v) is 9.63. The highest BCUT2D eigenvalue weighted by atomic mass is 32.2. The highest BCUT2D eigenvalue weighted by Crippen LogP contribution is 2.36. The Labute approximate surface area is 113 Å². The van der Waals surface area contributed by atoms with Crippen LogP contribution in [0.3, 0.4) is 0 Å². The third-order valence-corrected chi connectivity index (χ3v) is 5.12. The second-order valence-corrected chi connectivity index (χ2v) is 8.73. The fourth-order valence-electron chi connectivity index (χ4n) is 1.82. The summed E-state index contributed by atoms with van der Waals surface area (Å²) in [6.45, 7) is 3.62. The van der Waals surface area contributed by atoms with Crippen LogP contribution in [0.4, 0.5) is 0 Å². The molecule has 0 saturated heterocycles. The molecule has 0 bridgehead atoms. The highest BCUT2D eigenvalue weighted by molar-refractivity contribution is 7.98. The lowest BCUT2D eigenvalue weighted by atomic mass is 10.1. The Morgan fingerprint density at radius 1 is 0.944 bits per heavy atom. The number of hydrogen-bond acceptors (Lipinski definition) is 2. The zero-order valence-corrected chi connectivity index (χ0v) is 12.6. The summed E-state index contributed by atoms with van der Waals surface area (Å²) in [6.07, 6.45) is 2.07. The number of thioether (sulfide) groups is 1. The molecular formula is C15H17OPS. The number of benzene rings is 2.